The Morgan fingerprint density at radius 2 is 1.74 bits per heavy atom. The predicted molar refractivity (Wildman–Crippen MR) is 107 cm³/mol. The number of carbonyl (C=O) groups is 2. The Morgan fingerprint density at radius 1 is 1.15 bits per heavy atom. The van der Waals surface area contributed by atoms with Crippen LogP contribution in [0.15, 0.2) is 42.5 Å². The van der Waals surface area contributed by atoms with Gasteiger partial charge < -0.3 is 15.0 Å². The second-order valence-corrected chi connectivity index (χ2v) is 6.84. The fourth-order valence-electron chi connectivity index (χ4n) is 2.79. The van der Waals surface area contributed by atoms with Gasteiger partial charge in [-0.1, -0.05) is 41.9 Å². The number of nitrogens with zero attached hydrogens (tertiary/aromatic N) is 1. The van der Waals surface area contributed by atoms with Crippen LogP contribution in [0.3, 0.4) is 0 Å². The highest BCUT2D eigenvalue weighted by Crippen LogP contribution is 2.26. The molecule has 1 N–H and O–H groups in total. The summed E-state index contributed by atoms with van der Waals surface area (Å²) in [7, 11) is 1.56. The van der Waals surface area contributed by atoms with Gasteiger partial charge in [-0.25, -0.2) is 0 Å². The molecular formula is C21H25ClN2O3. The van der Waals surface area contributed by atoms with E-state index in [4.69, 9.17) is 16.3 Å². The van der Waals surface area contributed by atoms with Crippen molar-refractivity contribution >= 4 is 23.4 Å². The van der Waals surface area contributed by atoms with Gasteiger partial charge in [0.15, 0.2) is 6.61 Å². The van der Waals surface area contributed by atoms with Crippen molar-refractivity contribution in [2.45, 2.75) is 33.4 Å². The molecule has 1 atom stereocenters. The normalized spacial score (nSPS) is 11.6. The summed E-state index contributed by atoms with van der Waals surface area (Å²) in [4.78, 5) is 26.4. The Balaban J connectivity index is 2.14. The van der Waals surface area contributed by atoms with Crippen LogP contribution in [0.25, 0.3) is 0 Å². The first-order chi connectivity index (χ1) is 12.8. The summed E-state index contributed by atoms with van der Waals surface area (Å²) in [6.07, 6.45) is 0. The topological polar surface area (TPSA) is 58.6 Å². The number of hydrogen-bond acceptors (Lipinski definition) is 3. The summed E-state index contributed by atoms with van der Waals surface area (Å²) in [5.74, 6) is 0.0904. The van der Waals surface area contributed by atoms with Gasteiger partial charge >= 0.3 is 0 Å². The van der Waals surface area contributed by atoms with Gasteiger partial charge in [0.2, 0.25) is 5.91 Å². The van der Waals surface area contributed by atoms with Gasteiger partial charge in [-0.05, 0) is 49.6 Å². The first-order valence-corrected chi connectivity index (χ1v) is 9.15. The highest BCUT2D eigenvalue weighted by Gasteiger charge is 2.25. The molecule has 27 heavy (non-hydrogen) atoms. The van der Waals surface area contributed by atoms with Crippen LogP contribution in [0.4, 0.5) is 0 Å². The zero-order valence-corrected chi connectivity index (χ0v) is 16.8. The lowest BCUT2D eigenvalue weighted by molar-refractivity contribution is -0.142. The third-order valence-electron chi connectivity index (χ3n) is 4.38. The van der Waals surface area contributed by atoms with E-state index in [1.165, 1.54) is 4.90 Å². The predicted octanol–water partition coefficient (Wildman–Crippen LogP) is 3.50. The number of aryl methyl sites for hydroxylation is 2. The van der Waals surface area contributed by atoms with Crippen molar-refractivity contribution in [2.75, 3.05) is 13.7 Å². The van der Waals surface area contributed by atoms with Crippen molar-refractivity contribution in [3.63, 3.8) is 0 Å². The first kappa shape index (κ1) is 20.8. The van der Waals surface area contributed by atoms with E-state index in [-0.39, 0.29) is 18.4 Å². The van der Waals surface area contributed by atoms with Crippen LogP contribution in [0.5, 0.6) is 5.75 Å². The molecule has 1 unspecified atom stereocenters. The monoisotopic (exact) mass is 388 g/mol. The SMILES string of the molecule is CNC(=O)C(C)N(Cc1ccccc1)C(=O)COc1cc(C)c(Cl)c(C)c1. The number of amides is 2. The Bertz CT molecular complexity index is 785. The molecule has 0 heterocycles. The molecule has 0 aromatic heterocycles. The molecule has 6 heteroatoms. The second-order valence-electron chi connectivity index (χ2n) is 6.46. The Morgan fingerprint density at radius 3 is 2.30 bits per heavy atom. The number of halogens is 1. The summed E-state index contributed by atoms with van der Waals surface area (Å²) >= 11 is 6.17. The molecule has 2 aromatic rings. The van der Waals surface area contributed by atoms with E-state index in [0.717, 1.165) is 16.7 Å². The second kappa shape index (κ2) is 9.42. The van der Waals surface area contributed by atoms with E-state index in [0.29, 0.717) is 17.3 Å². The molecule has 0 fully saturated rings. The van der Waals surface area contributed by atoms with Crippen LogP contribution in [-0.4, -0.2) is 36.4 Å². The minimum atomic E-state index is -0.611. The number of carbonyl (C=O) groups excluding carboxylic acids is 2. The number of hydrogen-bond donors (Lipinski definition) is 1. The molecule has 0 aliphatic carbocycles. The Labute approximate surface area is 165 Å². The zero-order valence-electron chi connectivity index (χ0n) is 16.1. The fraction of sp³-hybridized carbons (Fsp3) is 0.333. The third kappa shape index (κ3) is 5.47. The van der Waals surface area contributed by atoms with Crippen molar-refractivity contribution < 1.29 is 14.3 Å². The van der Waals surface area contributed by atoms with Crippen LogP contribution < -0.4 is 10.1 Å². The molecule has 0 bridgehead atoms. The molecule has 144 valence electrons. The molecule has 5 nitrogen and oxygen atoms in total. The van der Waals surface area contributed by atoms with E-state index in [2.05, 4.69) is 5.32 Å². The average molecular weight is 389 g/mol. The van der Waals surface area contributed by atoms with Gasteiger partial charge in [-0.2, -0.15) is 0 Å². The maximum absolute atomic E-state index is 12.8. The summed E-state index contributed by atoms with van der Waals surface area (Å²) in [5, 5.41) is 3.28. The highest BCUT2D eigenvalue weighted by atomic mass is 35.5. The highest BCUT2D eigenvalue weighted by molar-refractivity contribution is 6.32. The number of ether oxygens (including phenoxy) is 1. The van der Waals surface area contributed by atoms with Gasteiger partial charge in [-0.15, -0.1) is 0 Å². The van der Waals surface area contributed by atoms with Gasteiger partial charge in [0.05, 0.1) is 0 Å². The summed E-state index contributed by atoms with van der Waals surface area (Å²) in [5.41, 5.74) is 2.72. The molecule has 2 amide bonds. The Hall–Kier alpha value is -2.53. The third-order valence-corrected chi connectivity index (χ3v) is 4.98. The van der Waals surface area contributed by atoms with Gasteiger partial charge in [0, 0.05) is 18.6 Å². The van der Waals surface area contributed by atoms with Crippen molar-refractivity contribution in [3.05, 3.63) is 64.2 Å². The van der Waals surface area contributed by atoms with Crippen LogP contribution in [-0.2, 0) is 16.1 Å². The standard InChI is InChI=1S/C21H25ClN2O3/c1-14-10-18(11-15(2)20(14)22)27-13-19(25)24(16(3)21(26)23-4)12-17-8-6-5-7-9-17/h5-11,16H,12-13H2,1-4H3,(H,23,26). The maximum Gasteiger partial charge on any atom is 0.261 e. The van der Waals surface area contributed by atoms with E-state index in [1.54, 1.807) is 26.1 Å². The van der Waals surface area contributed by atoms with Crippen LogP contribution in [0.2, 0.25) is 5.02 Å². The summed E-state index contributed by atoms with van der Waals surface area (Å²) < 4.78 is 5.69. The molecule has 0 aliphatic rings. The number of benzene rings is 2. The molecule has 0 saturated heterocycles. The van der Waals surface area contributed by atoms with Crippen molar-refractivity contribution in [2.24, 2.45) is 0 Å². The van der Waals surface area contributed by atoms with E-state index < -0.39 is 6.04 Å². The quantitative estimate of drug-likeness (QED) is 0.789. The fourth-order valence-corrected chi connectivity index (χ4v) is 2.90. The van der Waals surface area contributed by atoms with Gasteiger partial charge in [0.25, 0.3) is 5.91 Å². The largest absolute Gasteiger partial charge is 0.484 e. The van der Waals surface area contributed by atoms with E-state index in [1.807, 2.05) is 44.2 Å². The summed E-state index contributed by atoms with van der Waals surface area (Å²) in [6.45, 7) is 5.65. The first-order valence-electron chi connectivity index (χ1n) is 8.78. The van der Waals surface area contributed by atoms with Crippen molar-refractivity contribution in [1.82, 2.24) is 10.2 Å². The van der Waals surface area contributed by atoms with E-state index >= 15 is 0 Å². The molecule has 0 saturated carbocycles. The lowest BCUT2D eigenvalue weighted by Gasteiger charge is -2.28. The van der Waals surface area contributed by atoms with Gasteiger partial charge in [0.1, 0.15) is 11.8 Å². The van der Waals surface area contributed by atoms with Crippen LogP contribution >= 0.6 is 11.6 Å². The van der Waals surface area contributed by atoms with Crippen LogP contribution in [0, 0.1) is 13.8 Å². The van der Waals surface area contributed by atoms with Gasteiger partial charge in [-0.3, -0.25) is 9.59 Å². The molecule has 0 spiro atoms. The lowest BCUT2D eigenvalue weighted by Crippen LogP contribution is -2.48. The molecule has 2 aromatic carbocycles. The molecule has 0 radical (unpaired) electrons. The molecular weight excluding hydrogens is 364 g/mol. The minimum absolute atomic E-state index is 0.158. The number of nitrogens with one attached hydrogen (secondary N) is 1. The molecule has 0 aliphatic heterocycles. The van der Waals surface area contributed by atoms with E-state index in [9.17, 15) is 9.59 Å². The number of rotatable bonds is 7. The molecule has 2 rings (SSSR count). The maximum atomic E-state index is 12.8. The van der Waals surface area contributed by atoms with Crippen molar-refractivity contribution in [3.8, 4) is 5.75 Å². The Kier molecular flexibility index (Phi) is 7.25. The average Bonchev–Trinajstić information content (AvgIpc) is 2.67. The lowest BCUT2D eigenvalue weighted by atomic mass is 10.1. The van der Waals surface area contributed by atoms with Crippen molar-refractivity contribution in [1.29, 1.82) is 0 Å². The zero-order chi connectivity index (χ0) is 20.0. The smallest absolute Gasteiger partial charge is 0.261 e. The van der Waals surface area contributed by atoms with Crippen LogP contribution in [0.1, 0.15) is 23.6 Å². The number of likely N-dealkylation sites (N-methyl/N-ethyl adjacent to an activating group) is 1. The minimum Gasteiger partial charge on any atom is -0.484 e. The summed E-state index contributed by atoms with van der Waals surface area (Å²) in [6, 6.07) is 12.5.